The van der Waals surface area contributed by atoms with Gasteiger partial charge in [-0.2, -0.15) is 13.2 Å². The molecule has 0 radical (unpaired) electrons. The van der Waals surface area contributed by atoms with E-state index < -0.39 is 12.1 Å². The summed E-state index contributed by atoms with van der Waals surface area (Å²) in [4.78, 5) is 0. The highest BCUT2D eigenvalue weighted by Crippen LogP contribution is 2.34. The molecule has 0 fully saturated rings. The molecule has 0 aromatic carbocycles. The van der Waals surface area contributed by atoms with Gasteiger partial charge < -0.3 is 14.3 Å². The maximum absolute atomic E-state index is 12.9. The van der Waals surface area contributed by atoms with Crippen molar-refractivity contribution in [3.63, 3.8) is 0 Å². The average Bonchev–Trinajstić information content (AvgIpc) is 3.04. The average molecular weight is 314 g/mol. The first kappa shape index (κ1) is 15.1. The van der Waals surface area contributed by atoms with Crippen molar-refractivity contribution in [1.82, 2.24) is 20.1 Å². The zero-order valence-electron chi connectivity index (χ0n) is 12.2. The molecule has 3 rings (SSSR count). The fourth-order valence-electron chi connectivity index (χ4n) is 2.66. The topological polar surface area (TPSA) is 55.9 Å². The third kappa shape index (κ3) is 3.16. The molecule has 1 aliphatic heterocycles. The highest BCUT2D eigenvalue weighted by atomic mass is 19.4. The predicted molar refractivity (Wildman–Crippen MR) is 71.9 cm³/mol. The molecule has 0 bridgehead atoms. The van der Waals surface area contributed by atoms with Gasteiger partial charge in [-0.25, -0.2) is 0 Å². The molecule has 0 spiro atoms. The number of hydrogen-bond acceptors (Lipinski definition) is 4. The van der Waals surface area contributed by atoms with E-state index in [1.54, 1.807) is 4.57 Å². The molecule has 2 aromatic rings. The van der Waals surface area contributed by atoms with Crippen LogP contribution in [0, 0.1) is 12.8 Å². The number of aryl methyl sites for hydroxylation is 2. The van der Waals surface area contributed by atoms with Gasteiger partial charge in [-0.15, -0.1) is 10.2 Å². The minimum Gasteiger partial charge on any atom is -0.465 e. The number of furan rings is 1. The molecule has 0 aliphatic carbocycles. The SMILES string of the molecule is Cc1ccc(CNCc2nnc3n2C[C@H](C(F)(F)F)CC3)o1. The van der Waals surface area contributed by atoms with Crippen LogP contribution >= 0.6 is 0 Å². The standard InChI is InChI=1S/C14H17F3N4O/c1-9-2-4-11(22-9)6-18-7-13-20-19-12-5-3-10(8-21(12)13)14(15,16)17/h2,4,10,18H,3,5-8H2,1H3/t10-/m1/s1. The van der Waals surface area contributed by atoms with Gasteiger partial charge in [-0.1, -0.05) is 0 Å². The molecule has 5 nitrogen and oxygen atoms in total. The number of aromatic nitrogens is 3. The number of hydrogen-bond donors (Lipinski definition) is 1. The van der Waals surface area contributed by atoms with Crippen molar-refractivity contribution in [2.24, 2.45) is 5.92 Å². The van der Waals surface area contributed by atoms with Gasteiger partial charge in [-0.3, -0.25) is 0 Å². The summed E-state index contributed by atoms with van der Waals surface area (Å²) in [5, 5.41) is 11.1. The molecule has 0 amide bonds. The normalized spacial score (nSPS) is 18.5. The van der Waals surface area contributed by atoms with Gasteiger partial charge in [0.05, 0.1) is 19.0 Å². The first-order valence-electron chi connectivity index (χ1n) is 7.17. The Kier molecular flexibility index (Phi) is 3.94. The minimum atomic E-state index is -4.17. The third-order valence-electron chi connectivity index (χ3n) is 3.86. The number of rotatable bonds is 4. The van der Waals surface area contributed by atoms with Crippen LogP contribution < -0.4 is 5.32 Å². The van der Waals surface area contributed by atoms with Crippen molar-refractivity contribution >= 4 is 0 Å². The zero-order chi connectivity index (χ0) is 15.7. The van der Waals surface area contributed by atoms with E-state index in [4.69, 9.17) is 4.42 Å². The lowest BCUT2D eigenvalue weighted by Gasteiger charge is -2.26. The molecule has 0 saturated carbocycles. The molecular weight excluding hydrogens is 297 g/mol. The van der Waals surface area contributed by atoms with Gasteiger partial charge in [0, 0.05) is 13.0 Å². The summed E-state index contributed by atoms with van der Waals surface area (Å²) in [7, 11) is 0. The lowest BCUT2D eigenvalue weighted by atomic mass is 9.99. The Morgan fingerprint density at radius 2 is 2.14 bits per heavy atom. The van der Waals surface area contributed by atoms with Crippen LogP contribution in [0.1, 0.15) is 29.6 Å². The Hall–Kier alpha value is -1.83. The van der Waals surface area contributed by atoms with Crippen molar-refractivity contribution in [2.75, 3.05) is 0 Å². The minimum absolute atomic E-state index is 0.0841. The molecule has 8 heteroatoms. The van der Waals surface area contributed by atoms with E-state index >= 15 is 0 Å². The second-order valence-electron chi connectivity index (χ2n) is 5.54. The van der Waals surface area contributed by atoms with E-state index in [0.29, 0.717) is 31.2 Å². The largest absolute Gasteiger partial charge is 0.465 e. The summed E-state index contributed by atoms with van der Waals surface area (Å²) in [6.07, 6.45) is -3.77. The summed E-state index contributed by atoms with van der Waals surface area (Å²) in [6.45, 7) is 2.62. The van der Waals surface area contributed by atoms with Gasteiger partial charge in [0.25, 0.3) is 0 Å². The summed E-state index contributed by atoms with van der Waals surface area (Å²) in [5.74, 6) is 1.45. The Morgan fingerprint density at radius 3 is 2.82 bits per heavy atom. The summed E-state index contributed by atoms with van der Waals surface area (Å²) >= 11 is 0. The maximum atomic E-state index is 12.9. The Labute approximate surface area is 125 Å². The van der Waals surface area contributed by atoms with Gasteiger partial charge in [-0.05, 0) is 25.5 Å². The second kappa shape index (κ2) is 5.75. The monoisotopic (exact) mass is 314 g/mol. The van der Waals surface area contributed by atoms with Crippen LogP contribution in [0.4, 0.5) is 13.2 Å². The van der Waals surface area contributed by atoms with E-state index in [0.717, 1.165) is 11.5 Å². The van der Waals surface area contributed by atoms with Crippen LogP contribution in [0.15, 0.2) is 16.5 Å². The van der Waals surface area contributed by atoms with E-state index in [9.17, 15) is 13.2 Å². The van der Waals surface area contributed by atoms with Crippen molar-refractivity contribution < 1.29 is 17.6 Å². The molecule has 0 saturated heterocycles. The van der Waals surface area contributed by atoms with Gasteiger partial charge in [0.2, 0.25) is 0 Å². The quantitative estimate of drug-likeness (QED) is 0.942. The van der Waals surface area contributed by atoms with Crippen molar-refractivity contribution in [3.05, 3.63) is 35.3 Å². The zero-order valence-corrected chi connectivity index (χ0v) is 12.2. The van der Waals surface area contributed by atoms with Crippen molar-refractivity contribution in [2.45, 2.75) is 45.6 Å². The van der Waals surface area contributed by atoms with Crippen LogP contribution in [-0.2, 0) is 26.1 Å². The summed E-state index contributed by atoms with van der Waals surface area (Å²) < 4.78 is 45.6. The Balaban J connectivity index is 1.63. The molecule has 120 valence electrons. The van der Waals surface area contributed by atoms with Gasteiger partial charge in [0.1, 0.15) is 23.2 Å². The van der Waals surface area contributed by atoms with Crippen LogP contribution in [0.5, 0.6) is 0 Å². The number of alkyl halides is 3. The summed E-state index contributed by atoms with van der Waals surface area (Å²) in [6, 6.07) is 3.73. The first-order chi connectivity index (χ1) is 10.4. The predicted octanol–water partition coefficient (Wildman–Crippen LogP) is 2.59. The van der Waals surface area contributed by atoms with Crippen LogP contribution in [-0.4, -0.2) is 20.9 Å². The Bertz CT molecular complexity index is 647. The van der Waals surface area contributed by atoms with Crippen LogP contribution in [0.3, 0.4) is 0 Å². The molecule has 1 N–H and O–H groups in total. The van der Waals surface area contributed by atoms with E-state index in [-0.39, 0.29) is 13.0 Å². The molecule has 1 atom stereocenters. The van der Waals surface area contributed by atoms with E-state index in [1.165, 1.54) is 0 Å². The number of fused-ring (bicyclic) bond motifs is 1. The lowest BCUT2D eigenvalue weighted by molar-refractivity contribution is -0.182. The number of nitrogens with zero attached hydrogens (tertiary/aromatic N) is 3. The molecule has 22 heavy (non-hydrogen) atoms. The van der Waals surface area contributed by atoms with Crippen LogP contribution in [0.25, 0.3) is 0 Å². The van der Waals surface area contributed by atoms with E-state index in [1.807, 2.05) is 19.1 Å². The summed E-state index contributed by atoms with van der Waals surface area (Å²) in [5.41, 5.74) is 0. The van der Waals surface area contributed by atoms with Crippen molar-refractivity contribution in [3.8, 4) is 0 Å². The van der Waals surface area contributed by atoms with Gasteiger partial charge in [0.15, 0.2) is 0 Å². The third-order valence-corrected chi connectivity index (χ3v) is 3.86. The highest BCUT2D eigenvalue weighted by Gasteiger charge is 2.42. The van der Waals surface area contributed by atoms with Gasteiger partial charge >= 0.3 is 6.18 Å². The fraction of sp³-hybridized carbons (Fsp3) is 0.571. The van der Waals surface area contributed by atoms with E-state index in [2.05, 4.69) is 15.5 Å². The second-order valence-corrected chi connectivity index (χ2v) is 5.54. The molecule has 3 heterocycles. The first-order valence-corrected chi connectivity index (χ1v) is 7.17. The fourth-order valence-corrected chi connectivity index (χ4v) is 2.66. The molecular formula is C14H17F3N4O. The van der Waals surface area contributed by atoms with Crippen molar-refractivity contribution in [1.29, 1.82) is 0 Å². The smallest absolute Gasteiger partial charge is 0.393 e. The molecule has 0 unspecified atom stereocenters. The molecule has 2 aromatic heterocycles. The van der Waals surface area contributed by atoms with Crippen LogP contribution in [0.2, 0.25) is 0 Å². The highest BCUT2D eigenvalue weighted by molar-refractivity contribution is 5.06. The maximum Gasteiger partial charge on any atom is 0.393 e. The lowest BCUT2D eigenvalue weighted by Crippen LogP contribution is -2.33. The Morgan fingerprint density at radius 1 is 1.32 bits per heavy atom. The molecule has 1 aliphatic rings. The number of halogens is 3. The number of nitrogens with one attached hydrogen (secondary N) is 1.